The molecule has 0 aliphatic carbocycles. The molecule has 0 bridgehead atoms. The maximum Gasteiger partial charge on any atom is 0.240 e. The molecule has 102 valence electrons. The fourth-order valence-electron chi connectivity index (χ4n) is 1.83. The van der Waals surface area contributed by atoms with E-state index in [0.717, 1.165) is 5.69 Å². The van der Waals surface area contributed by atoms with Gasteiger partial charge in [-0.15, -0.1) is 0 Å². The first-order valence-corrected chi connectivity index (χ1v) is 6.18. The van der Waals surface area contributed by atoms with E-state index in [9.17, 15) is 5.11 Å². The third-order valence-electron chi connectivity index (χ3n) is 2.62. The first kappa shape index (κ1) is 13.5. The Bertz CT molecular complexity index is 498. The van der Waals surface area contributed by atoms with E-state index in [1.54, 1.807) is 6.92 Å². The van der Waals surface area contributed by atoms with Crippen molar-refractivity contribution in [2.24, 2.45) is 5.73 Å². The van der Waals surface area contributed by atoms with Crippen molar-refractivity contribution in [2.45, 2.75) is 26.1 Å². The van der Waals surface area contributed by atoms with Crippen molar-refractivity contribution in [3.05, 3.63) is 42.0 Å². The molecular formula is C13H18N4O2. The van der Waals surface area contributed by atoms with Gasteiger partial charge in [0.05, 0.1) is 19.2 Å². The normalized spacial score (nSPS) is 12.4. The van der Waals surface area contributed by atoms with E-state index >= 15 is 0 Å². The van der Waals surface area contributed by atoms with Crippen LogP contribution in [0, 0.1) is 0 Å². The number of rotatable bonds is 6. The predicted molar refractivity (Wildman–Crippen MR) is 71.4 cm³/mol. The molecule has 1 aromatic heterocycles. The van der Waals surface area contributed by atoms with Crippen LogP contribution >= 0.6 is 0 Å². The number of benzene rings is 1. The molecule has 2 aromatic rings. The fraction of sp³-hybridized carbons (Fsp3) is 0.385. The minimum Gasteiger partial charge on any atom is -0.392 e. The molecule has 0 fully saturated rings. The summed E-state index contributed by atoms with van der Waals surface area (Å²) in [5, 5.41) is 13.5. The highest BCUT2D eigenvalue weighted by molar-refractivity contribution is 5.46. The van der Waals surface area contributed by atoms with E-state index in [-0.39, 0.29) is 6.54 Å². The summed E-state index contributed by atoms with van der Waals surface area (Å²) in [5.74, 6) is 0.977. The molecular weight excluding hydrogens is 244 g/mol. The number of hydrogen-bond acceptors (Lipinski definition) is 6. The number of nitrogens with two attached hydrogens (primary N) is 1. The number of aliphatic hydroxyl groups excluding tert-OH is 1. The molecule has 0 aliphatic heterocycles. The molecule has 19 heavy (non-hydrogen) atoms. The summed E-state index contributed by atoms with van der Waals surface area (Å²) in [6.07, 6.45) is -0.443. The Labute approximate surface area is 111 Å². The highest BCUT2D eigenvalue weighted by Gasteiger charge is 2.13. The Balaban J connectivity index is 2.14. The molecule has 3 N–H and O–H groups in total. The van der Waals surface area contributed by atoms with Gasteiger partial charge in [-0.3, -0.25) is 0 Å². The van der Waals surface area contributed by atoms with Crippen LogP contribution in [0.1, 0.15) is 18.6 Å². The van der Waals surface area contributed by atoms with Crippen LogP contribution in [-0.2, 0) is 13.1 Å². The quantitative estimate of drug-likeness (QED) is 0.804. The Morgan fingerprint density at radius 2 is 2.11 bits per heavy atom. The van der Waals surface area contributed by atoms with Gasteiger partial charge in [0.2, 0.25) is 5.89 Å². The van der Waals surface area contributed by atoms with E-state index in [4.69, 9.17) is 10.3 Å². The van der Waals surface area contributed by atoms with Crippen molar-refractivity contribution in [2.75, 3.05) is 11.4 Å². The van der Waals surface area contributed by atoms with Gasteiger partial charge < -0.3 is 20.3 Å². The van der Waals surface area contributed by atoms with Gasteiger partial charge >= 0.3 is 0 Å². The van der Waals surface area contributed by atoms with E-state index in [2.05, 4.69) is 10.1 Å². The zero-order chi connectivity index (χ0) is 13.7. The lowest BCUT2D eigenvalue weighted by atomic mass is 10.2. The summed E-state index contributed by atoms with van der Waals surface area (Å²) in [6.45, 7) is 2.95. The third-order valence-corrected chi connectivity index (χ3v) is 2.62. The number of nitrogens with zero attached hydrogens (tertiary/aromatic N) is 3. The van der Waals surface area contributed by atoms with Crippen LogP contribution in [0.3, 0.4) is 0 Å². The lowest BCUT2D eigenvalue weighted by molar-refractivity contribution is 0.199. The molecule has 2 rings (SSSR count). The average Bonchev–Trinajstić information content (AvgIpc) is 2.86. The maximum atomic E-state index is 9.59. The van der Waals surface area contributed by atoms with Crippen LogP contribution in [0.4, 0.5) is 5.69 Å². The molecule has 6 nitrogen and oxygen atoms in total. The number of para-hydroxylation sites is 1. The van der Waals surface area contributed by atoms with Gasteiger partial charge in [0.1, 0.15) is 0 Å². The van der Waals surface area contributed by atoms with Crippen LogP contribution in [0.5, 0.6) is 0 Å². The molecule has 0 radical (unpaired) electrons. The number of aliphatic hydroxyl groups is 1. The second kappa shape index (κ2) is 6.31. The molecule has 0 saturated heterocycles. The van der Waals surface area contributed by atoms with Gasteiger partial charge in [0.15, 0.2) is 5.82 Å². The van der Waals surface area contributed by atoms with Crippen LogP contribution in [0.25, 0.3) is 0 Å². The minimum atomic E-state index is -0.443. The fourth-order valence-corrected chi connectivity index (χ4v) is 1.83. The van der Waals surface area contributed by atoms with Crippen molar-refractivity contribution in [1.29, 1.82) is 0 Å². The SMILES string of the molecule is CC(O)CN(Cc1noc(CN)n1)c1ccccc1. The van der Waals surface area contributed by atoms with Crippen molar-refractivity contribution >= 4 is 5.69 Å². The molecule has 0 saturated carbocycles. The van der Waals surface area contributed by atoms with Gasteiger partial charge in [0, 0.05) is 12.2 Å². The van der Waals surface area contributed by atoms with Gasteiger partial charge in [-0.2, -0.15) is 4.98 Å². The summed E-state index contributed by atoms with van der Waals surface area (Å²) in [5.41, 5.74) is 6.44. The summed E-state index contributed by atoms with van der Waals surface area (Å²) in [7, 11) is 0. The van der Waals surface area contributed by atoms with Crippen molar-refractivity contribution in [1.82, 2.24) is 10.1 Å². The highest BCUT2D eigenvalue weighted by Crippen LogP contribution is 2.16. The van der Waals surface area contributed by atoms with Crippen LogP contribution in [0.15, 0.2) is 34.9 Å². The first-order valence-electron chi connectivity index (χ1n) is 6.18. The van der Waals surface area contributed by atoms with E-state index in [1.165, 1.54) is 0 Å². The minimum absolute atomic E-state index is 0.231. The Hall–Kier alpha value is -1.92. The monoisotopic (exact) mass is 262 g/mol. The number of aromatic nitrogens is 2. The summed E-state index contributed by atoms with van der Waals surface area (Å²) in [4.78, 5) is 6.17. The summed E-state index contributed by atoms with van der Waals surface area (Å²) >= 11 is 0. The van der Waals surface area contributed by atoms with Gasteiger partial charge in [-0.25, -0.2) is 0 Å². The maximum absolute atomic E-state index is 9.59. The molecule has 0 aliphatic rings. The highest BCUT2D eigenvalue weighted by atomic mass is 16.5. The largest absolute Gasteiger partial charge is 0.392 e. The Morgan fingerprint density at radius 3 is 2.68 bits per heavy atom. The van der Waals surface area contributed by atoms with Crippen molar-refractivity contribution in [3.63, 3.8) is 0 Å². The molecule has 6 heteroatoms. The van der Waals surface area contributed by atoms with Crippen LogP contribution in [0.2, 0.25) is 0 Å². The van der Waals surface area contributed by atoms with E-state index < -0.39 is 6.10 Å². The van der Waals surface area contributed by atoms with Crippen molar-refractivity contribution in [3.8, 4) is 0 Å². The van der Waals surface area contributed by atoms with Gasteiger partial charge in [-0.05, 0) is 19.1 Å². The second-order valence-electron chi connectivity index (χ2n) is 4.37. The predicted octanol–water partition coefficient (Wildman–Crippen LogP) is 0.916. The van der Waals surface area contributed by atoms with E-state index in [1.807, 2.05) is 35.2 Å². The molecule has 0 spiro atoms. The molecule has 0 amide bonds. The summed E-state index contributed by atoms with van der Waals surface area (Å²) in [6, 6.07) is 9.81. The van der Waals surface area contributed by atoms with Crippen molar-refractivity contribution < 1.29 is 9.63 Å². The zero-order valence-corrected chi connectivity index (χ0v) is 10.9. The standard InChI is InChI=1S/C13H18N4O2/c1-10(18)8-17(11-5-3-2-4-6-11)9-12-15-13(7-14)19-16-12/h2-6,10,18H,7-9,14H2,1H3. The molecule has 1 aromatic carbocycles. The number of anilines is 1. The molecule has 1 heterocycles. The lowest BCUT2D eigenvalue weighted by Gasteiger charge is -2.24. The Kier molecular flexibility index (Phi) is 4.48. The molecule has 1 atom stereocenters. The van der Waals surface area contributed by atoms with Gasteiger partial charge in [-0.1, -0.05) is 23.4 Å². The third kappa shape index (κ3) is 3.77. The average molecular weight is 262 g/mol. The van der Waals surface area contributed by atoms with Gasteiger partial charge in [0.25, 0.3) is 0 Å². The first-order chi connectivity index (χ1) is 9.19. The second-order valence-corrected chi connectivity index (χ2v) is 4.37. The topological polar surface area (TPSA) is 88.4 Å². The van der Waals surface area contributed by atoms with Crippen LogP contribution < -0.4 is 10.6 Å². The van der Waals surface area contributed by atoms with Crippen LogP contribution in [-0.4, -0.2) is 27.9 Å². The lowest BCUT2D eigenvalue weighted by Crippen LogP contribution is -2.30. The Morgan fingerprint density at radius 1 is 1.37 bits per heavy atom. The zero-order valence-electron chi connectivity index (χ0n) is 10.9. The molecule has 1 unspecified atom stereocenters. The van der Waals surface area contributed by atoms with E-state index in [0.29, 0.717) is 24.8 Å². The smallest absolute Gasteiger partial charge is 0.240 e. The number of hydrogen-bond donors (Lipinski definition) is 2. The summed E-state index contributed by atoms with van der Waals surface area (Å²) < 4.78 is 4.98.